The van der Waals surface area contributed by atoms with Gasteiger partial charge in [-0.15, -0.1) is 0 Å². The Morgan fingerprint density at radius 3 is 2.54 bits per heavy atom. The first-order valence-electron chi connectivity index (χ1n) is 4.86. The molecule has 2 nitrogen and oxygen atoms in total. The quantitative estimate of drug-likeness (QED) is 0.772. The van der Waals surface area contributed by atoms with E-state index in [9.17, 15) is 0 Å². The van der Waals surface area contributed by atoms with Crippen LogP contribution >= 0.6 is 0 Å². The van der Waals surface area contributed by atoms with Crippen LogP contribution in [0, 0.1) is 19.8 Å². The molecule has 2 heteroatoms. The van der Waals surface area contributed by atoms with Crippen LogP contribution in [0.15, 0.2) is 10.5 Å². The zero-order chi connectivity index (χ0) is 9.84. The van der Waals surface area contributed by atoms with Gasteiger partial charge < -0.3 is 9.73 Å². The Balaban J connectivity index is 2.37. The number of rotatable bonds is 4. The van der Waals surface area contributed by atoms with Crippen molar-refractivity contribution in [3.8, 4) is 0 Å². The van der Waals surface area contributed by atoms with Crippen LogP contribution in [0.5, 0.6) is 0 Å². The molecule has 0 unspecified atom stereocenters. The Kier molecular flexibility index (Phi) is 3.55. The van der Waals surface area contributed by atoms with Crippen molar-refractivity contribution in [2.75, 3.05) is 6.54 Å². The van der Waals surface area contributed by atoms with Crippen molar-refractivity contribution in [1.29, 1.82) is 0 Å². The molecule has 0 saturated carbocycles. The molecule has 0 aliphatic carbocycles. The standard InChI is InChI=1S/C11H19NO/c1-8(2)6-12-7-11-5-9(3)10(4)13-11/h5,8,12H,6-7H2,1-4H3. The highest BCUT2D eigenvalue weighted by atomic mass is 16.3. The average molecular weight is 181 g/mol. The summed E-state index contributed by atoms with van der Waals surface area (Å²) in [6.07, 6.45) is 0. The van der Waals surface area contributed by atoms with Crippen molar-refractivity contribution in [2.45, 2.75) is 34.2 Å². The molecule has 0 aliphatic heterocycles. The summed E-state index contributed by atoms with van der Waals surface area (Å²) in [4.78, 5) is 0. The lowest BCUT2D eigenvalue weighted by atomic mass is 10.2. The van der Waals surface area contributed by atoms with Crippen molar-refractivity contribution in [3.63, 3.8) is 0 Å². The van der Waals surface area contributed by atoms with Crippen molar-refractivity contribution in [3.05, 3.63) is 23.2 Å². The molecule has 0 aliphatic rings. The van der Waals surface area contributed by atoms with Gasteiger partial charge in [-0.1, -0.05) is 13.8 Å². The topological polar surface area (TPSA) is 25.2 Å². The maximum atomic E-state index is 5.53. The van der Waals surface area contributed by atoms with Crippen LogP contribution < -0.4 is 5.32 Å². The SMILES string of the molecule is Cc1cc(CNCC(C)C)oc1C. The minimum Gasteiger partial charge on any atom is -0.465 e. The smallest absolute Gasteiger partial charge is 0.118 e. The van der Waals surface area contributed by atoms with Crippen LogP contribution in [0.2, 0.25) is 0 Å². The van der Waals surface area contributed by atoms with Crippen LogP contribution in [-0.2, 0) is 6.54 Å². The van der Waals surface area contributed by atoms with Gasteiger partial charge in [0.25, 0.3) is 0 Å². The van der Waals surface area contributed by atoms with Crippen molar-refractivity contribution in [2.24, 2.45) is 5.92 Å². The summed E-state index contributed by atoms with van der Waals surface area (Å²) >= 11 is 0. The van der Waals surface area contributed by atoms with Gasteiger partial charge in [-0.2, -0.15) is 0 Å². The maximum Gasteiger partial charge on any atom is 0.118 e. The third-order valence-corrected chi connectivity index (χ3v) is 2.07. The van der Waals surface area contributed by atoms with Crippen molar-refractivity contribution < 1.29 is 4.42 Å². The molecule has 74 valence electrons. The molecule has 0 bridgehead atoms. The Morgan fingerprint density at radius 1 is 1.38 bits per heavy atom. The molecule has 0 saturated heterocycles. The zero-order valence-corrected chi connectivity index (χ0v) is 8.98. The van der Waals surface area contributed by atoms with E-state index in [0.717, 1.165) is 24.6 Å². The van der Waals surface area contributed by atoms with Gasteiger partial charge in [0.1, 0.15) is 11.5 Å². The first-order valence-corrected chi connectivity index (χ1v) is 4.86. The monoisotopic (exact) mass is 181 g/mol. The number of aryl methyl sites for hydroxylation is 2. The van der Waals surface area contributed by atoms with E-state index in [0.29, 0.717) is 5.92 Å². The molecule has 1 aromatic heterocycles. The molecule has 0 amide bonds. The third kappa shape index (κ3) is 3.23. The van der Waals surface area contributed by atoms with Gasteiger partial charge in [0, 0.05) is 0 Å². The molecule has 0 fully saturated rings. The first-order chi connectivity index (χ1) is 6.09. The van der Waals surface area contributed by atoms with Crippen molar-refractivity contribution in [1.82, 2.24) is 5.32 Å². The van der Waals surface area contributed by atoms with Gasteiger partial charge in [0.2, 0.25) is 0 Å². The molecular weight excluding hydrogens is 162 g/mol. The Bertz CT molecular complexity index is 244. The normalized spacial score (nSPS) is 11.2. The maximum absolute atomic E-state index is 5.53. The van der Waals surface area contributed by atoms with E-state index in [-0.39, 0.29) is 0 Å². The molecule has 1 heterocycles. The second-order valence-electron chi connectivity index (χ2n) is 3.98. The Morgan fingerprint density at radius 2 is 2.08 bits per heavy atom. The number of hydrogen-bond acceptors (Lipinski definition) is 2. The molecule has 13 heavy (non-hydrogen) atoms. The fourth-order valence-electron chi connectivity index (χ4n) is 1.22. The second-order valence-corrected chi connectivity index (χ2v) is 3.98. The lowest BCUT2D eigenvalue weighted by Gasteiger charge is -2.04. The molecule has 0 aromatic carbocycles. The van der Waals surface area contributed by atoms with E-state index in [1.807, 2.05) is 6.92 Å². The molecule has 1 N–H and O–H groups in total. The first kappa shape index (κ1) is 10.3. The highest BCUT2D eigenvalue weighted by molar-refractivity contribution is 5.18. The van der Waals surface area contributed by atoms with Gasteiger partial charge in [-0.25, -0.2) is 0 Å². The summed E-state index contributed by atoms with van der Waals surface area (Å²) in [7, 11) is 0. The van der Waals surface area contributed by atoms with Crippen molar-refractivity contribution >= 4 is 0 Å². The molecule has 1 rings (SSSR count). The minimum absolute atomic E-state index is 0.692. The fraction of sp³-hybridized carbons (Fsp3) is 0.636. The zero-order valence-electron chi connectivity index (χ0n) is 8.98. The van der Waals surface area contributed by atoms with Gasteiger partial charge in [-0.05, 0) is 37.9 Å². The van der Waals surface area contributed by atoms with Gasteiger partial charge in [0.05, 0.1) is 6.54 Å². The van der Waals surface area contributed by atoms with Crippen LogP contribution in [0.25, 0.3) is 0 Å². The lowest BCUT2D eigenvalue weighted by molar-refractivity contribution is 0.447. The van der Waals surface area contributed by atoms with Gasteiger partial charge >= 0.3 is 0 Å². The predicted molar refractivity (Wildman–Crippen MR) is 54.7 cm³/mol. The lowest BCUT2D eigenvalue weighted by Crippen LogP contribution is -2.18. The van der Waals surface area contributed by atoms with Crippen LogP contribution in [0.1, 0.15) is 30.9 Å². The van der Waals surface area contributed by atoms with Crippen LogP contribution in [0.4, 0.5) is 0 Å². The molecular formula is C11H19NO. The Hall–Kier alpha value is -0.760. The van der Waals surface area contributed by atoms with Gasteiger partial charge in [0.15, 0.2) is 0 Å². The van der Waals surface area contributed by atoms with E-state index in [1.165, 1.54) is 5.56 Å². The molecule has 0 radical (unpaired) electrons. The average Bonchev–Trinajstić information content (AvgIpc) is 2.30. The summed E-state index contributed by atoms with van der Waals surface area (Å²) < 4.78 is 5.53. The third-order valence-electron chi connectivity index (χ3n) is 2.07. The highest BCUT2D eigenvalue weighted by Gasteiger charge is 2.02. The number of furan rings is 1. The van der Waals surface area contributed by atoms with Crippen LogP contribution in [-0.4, -0.2) is 6.54 Å². The van der Waals surface area contributed by atoms with E-state index in [4.69, 9.17) is 4.42 Å². The largest absolute Gasteiger partial charge is 0.465 e. The summed E-state index contributed by atoms with van der Waals surface area (Å²) in [5, 5.41) is 3.35. The minimum atomic E-state index is 0.692. The summed E-state index contributed by atoms with van der Waals surface area (Å²) in [5.41, 5.74) is 1.24. The molecule has 0 spiro atoms. The summed E-state index contributed by atoms with van der Waals surface area (Å²) in [6.45, 7) is 10.4. The van der Waals surface area contributed by atoms with Crippen LogP contribution in [0.3, 0.4) is 0 Å². The van der Waals surface area contributed by atoms with E-state index in [1.54, 1.807) is 0 Å². The van der Waals surface area contributed by atoms with E-state index in [2.05, 4.69) is 32.2 Å². The molecule has 1 aromatic rings. The summed E-state index contributed by atoms with van der Waals surface area (Å²) in [6, 6.07) is 2.10. The molecule has 0 atom stereocenters. The summed E-state index contributed by atoms with van der Waals surface area (Å²) in [5.74, 6) is 2.76. The number of hydrogen-bond donors (Lipinski definition) is 1. The highest BCUT2D eigenvalue weighted by Crippen LogP contribution is 2.12. The van der Waals surface area contributed by atoms with E-state index < -0.39 is 0 Å². The second kappa shape index (κ2) is 4.47. The predicted octanol–water partition coefficient (Wildman–Crippen LogP) is 2.64. The Labute approximate surface area is 80.3 Å². The fourth-order valence-corrected chi connectivity index (χ4v) is 1.22. The number of nitrogens with one attached hydrogen (secondary N) is 1. The van der Waals surface area contributed by atoms with E-state index >= 15 is 0 Å². The van der Waals surface area contributed by atoms with Gasteiger partial charge in [-0.3, -0.25) is 0 Å².